The van der Waals surface area contributed by atoms with Gasteiger partial charge in [-0.1, -0.05) is 37.3 Å². The largest absolute Gasteiger partial charge is 0.460 e. The van der Waals surface area contributed by atoms with Crippen LogP contribution in [-0.4, -0.2) is 11.9 Å². The maximum atomic E-state index is 12.6. The van der Waals surface area contributed by atoms with Crippen molar-refractivity contribution in [3.8, 4) is 6.07 Å². The van der Waals surface area contributed by atoms with Crippen LogP contribution in [0.15, 0.2) is 42.5 Å². The Labute approximate surface area is 153 Å². The summed E-state index contributed by atoms with van der Waals surface area (Å²) in [5.74, 6) is -1.83. The van der Waals surface area contributed by atoms with Crippen LogP contribution in [0.2, 0.25) is 0 Å². The van der Waals surface area contributed by atoms with Crippen molar-refractivity contribution in [1.29, 1.82) is 5.26 Å². The summed E-state index contributed by atoms with van der Waals surface area (Å²) in [7, 11) is 0. The maximum Gasteiger partial charge on any atom is 0.318 e. The molecule has 5 nitrogen and oxygen atoms in total. The molecule has 5 heteroatoms. The van der Waals surface area contributed by atoms with E-state index < -0.39 is 17.8 Å². The van der Waals surface area contributed by atoms with Crippen molar-refractivity contribution in [3.63, 3.8) is 0 Å². The summed E-state index contributed by atoms with van der Waals surface area (Å²) >= 11 is 0. The fraction of sp³-hybridized carbons (Fsp3) is 0.286. The van der Waals surface area contributed by atoms with Crippen LogP contribution in [0.5, 0.6) is 0 Å². The normalized spacial score (nSPS) is 11.3. The molecule has 0 heterocycles. The summed E-state index contributed by atoms with van der Waals surface area (Å²) in [5, 5.41) is 11.8. The van der Waals surface area contributed by atoms with E-state index in [0.29, 0.717) is 17.7 Å². The molecule has 26 heavy (non-hydrogen) atoms. The Morgan fingerprint density at radius 2 is 1.77 bits per heavy atom. The van der Waals surface area contributed by atoms with Crippen LogP contribution in [0.1, 0.15) is 35.6 Å². The second-order valence-corrected chi connectivity index (χ2v) is 6.14. The lowest BCUT2D eigenvalue weighted by Gasteiger charge is -2.17. The quantitative estimate of drug-likeness (QED) is 0.633. The number of nitrogens with zero attached hydrogens (tertiary/aromatic N) is 1. The smallest absolute Gasteiger partial charge is 0.318 e. The van der Waals surface area contributed by atoms with Gasteiger partial charge in [-0.3, -0.25) is 9.59 Å². The summed E-state index contributed by atoms with van der Waals surface area (Å²) in [5.41, 5.74) is 3.59. The van der Waals surface area contributed by atoms with E-state index in [1.54, 1.807) is 19.1 Å². The molecule has 0 aromatic heterocycles. The minimum absolute atomic E-state index is 0.137. The van der Waals surface area contributed by atoms with Crippen LogP contribution >= 0.6 is 0 Å². The Morgan fingerprint density at radius 1 is 1.15 bits per heavy atom. The molecule has 134 valence electrons. The number of benzene rings is 2. The van der Waals surface area contributed by atoms with Gasteiger partial charge in [0.25, 0.3) is 0 Å². The highest BCUT2D eigenvalue weighted by atomic mass is 16.5. The van der Waals surface area contributed by atoms with Crippen molar-refractivity contribution in [1.82, 2.24) is 0 Å². The topological polar surface area (TPSA) is 79.2 Å². The van der Waals surface area contributed by atoms with E-state index >= 15 is 0 Å². The number of hydrogen-bond donors (Lipinski definition) is 1. The van der Waals surface area contributed by atoms with Gasteiger partial charge in [-0.2, -0.15) is 5.26 Å². The molecule has 0 spiro atoms. The first-order valence-electron chi connectivity index (χ1n) is 8.49. The fourth-order valence-electron chi connectivity index (χ4n) is 2.72. The van der Waals surface area contributed by atoms with Crippen molar-refractivity contribution in [2.75, 3.05) is 5.32 Å². The van der Waals surface area contributed by atoms with E-state index in [2.05, 4.69) is 11.4 Å². The van der Waals surface area contributed by atoms with Crippen LogP contribution in [0.4, 0.5) is 5.69 Å². The molecule has 0 saturated carbocycles. The first-order chi connectivity index (χ1) is 12.5. The summed E-state index contributed by atoms with van der Waals surface area (Å²) in [6, 6.07) is 14.8. The number of amides is 1. The minimum Gasteiger partial charge on any atom is -0.460 e. The lowest BCUT2D eigenvalue weighted by atomic mass is 10.0. The van der Waals surface area contributed by atoms with Gasteiger partial charge in [0.2, 0.25) is 5.91 Å². The molecule has 0 fully saturated rings. The molecule has 0 aliphatic rings. The summed E-state index contributed by atoms with van der Waals surface area (Å²) < 4.78 is 5.29. The van der Waals surface area contributed by atoms with Crippen LogP contribution in [-0.2, 0) is 20.9 Å². The van der Waals surface area contributed by atoms with Crippen LogP contribution in [0.3, 0.4) is 0 Å². The molecule has 1 amide bonds. The Balaban J connectivity index is 2.06. The monoisotopic (exact) mass is 350 g/mol. The second-order valence-electron chi connectivity index (χ2n) is 6.14. The zero-order valence-corrected chi connectivity index (χ0v) is 15.2. The first kappa shape index (κ1) is 19.2. The molecular weight excluding hydrogens is 328 g/mol. The Kier molecular flexibility index (Phi) is 6.51. The van der Waals surface area contributed by atoms with Gasteiger partial charge in [-0.25, -0.2) is 0 Å². The zero-order valence-electron chi connectivity index (χ0n) is 15.2. The Bertz CT molecular complexity index is 815. The van der Waals surface area contributed by atoms with E-state index in [9.17, 15) is 9.59 Å². The third-order valence-electron chi connectivity index (χ3n) is 4.14. The van der Waals surface area contributed by atoms with Gasteiger partial charge in [0, 0.05) is 5.69 Å². The van der Waals surface area contributed by atoms with Crippen molar-refractivity contribution >= 4 is 17.6 Å². The number of anilines is 1. The van der Waals surface area contributed by atoms with Crippen LogP contribution in [0.25, 0.3) is 0 Å². The molecule has 2 aromatic carbocycles. The molecule has 0 bridgehead atoms. The molecule has 0 radical (unpaired) electrons. The number of nitriles is 1. The number of esters is 1. The van der Waals surface area contributed by atoms with Gasteiger partial charge in [0.1, 0.15) is 12.5 Å². The predicted octanol–water partition coefficient (Wildman–Crippen LogP) is 3.88. The SMILES string of the molecule is CCC(C(=O)Nc1c(C)cc(C#N)cc1C)C(=O)OCc1ccccc1. The van der Waals surface area contributed by atoms with Crippen LogP contribution in [0, 0.1) is 31.1 Å². The molecule has 0 aliphatic heterocycles. The van der Waals surface area contributed by atoms with E-state index in [4.69, 9.17) is 10.00 Å². The maximum absolute atomic E-state index is 12.6. The van der Waals surface area contributed by atoms with Crippen LogP contribution < -0.4 is 5.32 Å². The molecular formula is C21H22N2O3. The third kappa shape index (κ3) is 4.70. The molecule has 1 N–H and O–H groups in total. The lowest BCUT2D eigenvalue weighted by molar-refractivity contribution is -0.152. The minimum atomic E-state index is -0.881. The van der Waals surface area contributed by atoms with Crippen molar-refractivity contribution in [3.05, 3.63) is 64.7 Å². The molecule has 1 unspecified atom stereocenters. The van der Waals surface area contributed by atoms with Gasteiger partial charge in [0.05, 0.1) is 11.6 Å². The molecule has 0 saturated heterocycles. The highest BCUT2D eigenvalue weighted by Crippen LogP contribution is 2.23. The van der Waals surface area contributed by atoms with E-state index in [1.807, 2.05) is 44.2 Å². The highest BCUT2D eigenvalue weighted by molar-refractivity contribution is 6.05. The molecule has 2 rings (SSSR count). The van der Waals surface area contributed by atoms with E-state index in [0.717, 1.165) is 16.7 Å². The number of aryl methyl sites for hydroxylation is 2. The zero-order chi connectivity index (χ0) is 19.1. The van der Waals surface area contributed by atoms with E-state index in [1.165, 1.54) is 0 Å². The van der Waals surface area contributed by atoms with Crippen molar-refractivity contribution in [2.45, 2.75) is 33.8 Å². The third-order valence-corrected chi connectivity index (χ3v) is 4.14. The number of carbonyl (C=O) groups excluding carboxylic acids is 2. The molecule has 0 aliphatic carbocycles. The van der Waals surface area contributed by atoms with Gasteiger partial charge < -0.3 is 10.1 Å². The Morgan fingerprint density at radius 3 is 2.31 bits per heavy atom. The first-order valence-corrected chi connectivity index (χ1v) is 8.49. The van der Waals surface area contributed by atoms with Gasteiger partial charge in [-0.05, 0) is 49.1 Å². The number of nitrogens with one attached hydrogen (secondary N) is 1. The summed E-state index contributed by atoms with van der Waals surface area (Å²) in [4.78, 5) is 24.9. The van der Waals surface area contributed by atoms with Gasteiger partial charge >= 0.3 is 5.97 Å². The standard InChI is InChI=1S/C21H22N2O3/c1-4-18(21(25)26-13-16-8-6-5-7-9-16)20(24)23-19-14(2)10-17(12-22)11-15(19)3/h5-11,18H,4,13H2,1-3H3,(H,23,24). The highest BCUT2D eigenvalue weighted by Gasteiger charge is 2.27. The molecule has 2 aromatic rings. The van der Waals surface area contributed by atoms with E-state index in [-0.39, 0.29) is 6.61 Å². The molecule has 1 atom stereocenters. The summed E-state index contributed by atoms with van der Waals surface area (Å²) in [6.07, 6.45) is 0.341. The van der Waals surface area contributed by atoms with Gasteiger partial charge in [0.15, 0.2) is 0 Å². The lowest BCUT2D eigenvalue weighted by Crippen LogP contribution is -2.31. The Hall–Kier alpha value is -3.13. The average molecular weight is 350 g/mol. The number of rotatable bonds is 6. The average Bonchev–Trinajstić information content (AvgIpc) is 2.64. The summed E-state index contributed by atoms with van der Waals surface area (Å²) in [6.45, 7) is 5.54. The number of hydrogen-bond acceptors (Lipinski definition) is 4. The van der Waals surface area contributed by atoms with Gasteiger partial charge in [-0.15, -0.1) is 0 Å². The second kappa shape index (κ2) is 8.82. The number of carbonyl (C=O) groups is 2. The van der Waals surface area contributed by atoms with Crippen molar-refractivity contribution in [2.24, 2.45) is 5.92 Å². The van der Waals surface area contributed by atoms with Crippen molar-refractivity contribution < 1.29 is 14.3 Å². The number of ether oxygens (including phenoxy) is 1. The fourth-order valence-corrected chi connectivity index (χ4v) is 2.72. The predicted molar refractivity (Wildman–Crippen MR) is 99.3 cm³/mol.